The van der Waals surface area contributed by atoms with Crippen molar-refractivity contribution in [3.8, 4) is 22.8 Å². The second-order valence-electron chi connectivity index (χ2n) is 7.27. The molecule has 0 aliphatic heterocycles. The molecule has 6 nitrogen and oxygen atoms in total. The van der Waals surface area contributed by atoms with Crippen LogP contribution >= 0.6 is 22.6 Å². The number of nitrogens with zero attached hydrogens (tertiary/aromatic N) is 2. The molecule has 0 atom stereocenters. The average molecular weight is 563 g/mol. The third kappa shape index (κ3) is 5.26. The van der Waals surface area contributed by atoms with Gasteiger partial charge in [-0.05, 0) is 52.4 Å². The number of benzene rings is 3. The summed E-state index contributed by atoms with van der Waals surface area (Å²) in [4.78, 5) is 17.8. The minimum Gasteiger partial charge on any atom is -0.493 e. The topological polar surface area (TPSA) is 72.8 Å². The molecule has 0 saturated heterocycles. The van der Waals surface area contributed by atoms with Gasteiger partial charge in [0.1, 0.15) is 6.61 Å². The van der Waals surface area contributed by atoms with Crippen LogP contribution in [0.15, 0.2) is 90.6 Å². The van der Waals surface area contributed by atoms with Crippen molar-refractivity contribution < 1.29 is 14.3 Å². The van der Waals surface area contributed by atoms with E-state index in [9.17, 15) is 4.79 Å². The van der Waals surface area contributed by atoms with Crippen LogP contribution in [-0.4, -0.2) is 30.8 Å². The molecule has 1 heterocycles. The molecule has 0 radical (unpaired) electrons. The van der Waals surface area contributed by atoms with E-state index in [0.29, 0.717) is 23.7 Å². The molecule has 170 valence electrons. The van der Waals surface area contributed by atoms with Gasteiger partial charge in [-0.15, -0.1) is 0 Å². The highest BCUT2D eigenvalue weighted by Gasteiger charge is 2.14. The van der Waals surface area contributed by atoms with E-state index < -0.39 is 0 Å². The SMILES string of the molecule is C=CCOc1c(I)cc(/C=N\NC(=O)c2cc(-c3ccccc3)nc3ccccc23)cc1OC. The van der Waals surface area contributed by atoms with Crippen LogP contribution in [0.1, 0.15) is 15.9 Å². The van der Waals surface area contributed by atoms with E-state index in [4.69, 9.17) is 14.5 Å². The number of para-hydroxylation sites is 1. The summed E-state index contributed by atoms with van der Waals surface area (Å²) in [7, 11) is 1.58. The van der Waals surface area contributed by atoms with Crippen LogP contribution in [-0.2, 0) is 0 Å². The molecule has 4 aromatic rings. The zero-order valence-corrected chi connectivity index (χ0v) is 20.7. The first-order valence-corrected chi connectivity index (χ1v) is 11.6. The van der Waals surface area contributed by atoms with Gasteiger partial charge in [-0.25, -0.2) is 10.4 Å². The lowest BCUT2D eigenvalue weighted by Crippen LogP contribution is -2.18. The molecule has 34 heavy (non-hydrogen) atoms. The number of hydrogen-bond acceptors (Lipinski definition) is 5. The summed E-state index contributed by atoms with van der Waals surface area (Å²) in [5.74, 6) is 0.898. The largest absolute Gasteiger partial charge is 0.493 e. The molecule has 0 fully saturated rings. The number of hydrogen-bond donors (Lipinski definition) is 1. The Morgan fingerprint density at radius 2 is 1.88 bits per heavy atom. The number of hydrazone groups is 1. The Hall–Kier alpha value is -3.72. The van der Waals surface area contributed by atoms with Crippen molar-refractivity contribution in [2.45, 2.75) is 0 Å². The summed E-state index contributed by atoms with van der Waals surface area (Å²) in [6.07, 6.45) is 3.24. The lowest BCUT2D eigenvalue weighted by atomic mass is 10.0. The maximum atomic E-state index is 13.1. The first-order valence-electron chi connectivity index (χ1n) is 10.5. The number of ether oxygens (including phenoxy) is 2. The number of methoxy groups -OCH3 is 1. The normalized spacial score (nSPS) is 10.9. The van der Waals surface area contributed by atoms with Gasteiger partial charge in [0.2, 0.25) is 0 Å². The van der Waals surface area contributed by atoms with Crippen molar-refractivity contribution in [3.63, 3.8) is 0 Å². The van der Waals surface area contributed by atoms with Crippen molar-refractivity contribution in [2.24, 2.45) is 5.10 Å². The number of nitrogens with one attached hydrogen (secondary N) is 1. The quantitative estimate of drug-likeness (QED) is 0.127. The summed E-state index contributed by atoms with van der Waals surface area (Å²) in [5, 5.41) is 4.93. The molecule has 0 bridgehead atoms. The zero-order chi connectivity index (χ0) is 23.9. The third-order valence-electron chi connectivity index (χ3n) is 5.01. The van der Waals surface area contributed by atoms with E-state index in [1.807, 2.05) is 60.7 Å². The van der Waals surface area contributed by atoms with Gasteiger partial charge in [-0.3, -0.25) is 4.79 Å². The molecule has 0 spiro atoms. The predicted octanol–water partition coefficient (Wildman–Crippen LogP) is 5.84. The van der Waals surface area contributed by atoms with E-state index >= 15 is 0 Å². The number of carbonyl (C=O) groups excluding carboxylic acids is 1. The highest BCUT2D eigenvalue weighted by Crippen LogP contribution is 2.33. The molecule has 4 rings (SSSR count). The van der Waals surface area contributed by atoms with Crippen LogP contribution in [0.2, 0.25) is 0 Å². The fourth-order valence-electron chi connectivity index (χ4n) is 3.44. The third-order valence-corrected chi connectivity index (χ3v) is 5.81. The summed E-state index contributed by atoms with van der Waals surface area (Å²) >= 11 is 2.17. The van der Waals surface area contributed by atoms with Crippen LogP contribution in [0.4, 0.5) is 0 Å². The maximum Gasteiger partial charge on any atom is 0.272 e. The van der Waals surface area contributed by atoms with Gasteiger partial charge in [0.05, 0.1) is 33.7 Å². The highest BCUT2D eigenvalue weighted by molar-refractivity contribution is 14.1. The number of rotatable bonds is 8. The summed E-state index contributed by atoms with van der Waals surface area (Å²) in [6.45, 7) is 4.04. The van der Waals surface area contributed by atoms with E-state index in [1.54, 1.807) is 31.5 Å². The van der Waals surface area contributed by atoms with Gasteiger partial charge in [0.15, 0.2) is 11.5 Å². The fourth-order valence-corrected chi connectivity index (χ4v) is 4.22. The molecule has 1 amide bonds. The van der Waals surface area contributed by atoms with E-state index in [1.165, 1.54) is 0 Å². The number of halogens is 1. The number of aromatic nitrogens is 1. The van der Waals surface area contributed by atoms with E-state index in [0.717, 1.165) is 31.3 Å². The number of fused-ring (bicyclic) bond motifs is 1. The minimum atomic E-state index is -0.320. The molecule has 1 N–H and O–H groups in total. The lowest BCUT2D eigenvalue weighted by molar-refractivity contribution is 0.0956. The Morgan fingerprint density at radius 1 is 1.12 bits per heavy atom. The average Bonchev–Trinajstić information content (AvgIpc) is 2.87. The van der Waals surface area contributed by atoms with Crippen molar-refractivity contribution in [3.05, 3.63) is 100 Å². The first-order chi connectivity index (χ1) is 16.6. The van der Waals surface area contributed by atoms with Crippen molar-refractivity contribution >= 4 is 45.6 Å². The Bertz CT molecular complexity index is 1370. The van der Waals surface area contributed by atoms with Gasteiger partial charge >= 0.3 is 0 Å². The van der Waals surface area contributed by atoms with E-state index in [2.05, 4.69) is 39.7 Å². The predicted molar refractivity (Wildman–Crippen MR) is 144 cm³/mol. The summed E-state index contributed by atoms with van der Waals surface area (Å²) < 4.78 is 12.0. The number of carbonyl (C=O) groups is 1. The van der Waals surface area contributed by atoms with Gasteiger partial charge in [-0.1, -0.05) is 61.2 Å². The van der Waals surface area contributed by atoms with Crippen LogP contribution < -0.4 is 14.9 Å². The molecule has 0 aliphatic rings. The smallest absolute Gasteiger partial charge is 0.272 e. The molecule has 1 aromatic heterocycles. The Labute approximate surface area is 211 Å². The Balaban J connectivity index is 1.60. The summed E-state index contributed by atoms with van der Waals surface area (Å²) in [5.41, 5.74) is 6.31. The van der Waals surface area contributed by atoms with Crippen LogP contribution in [0.3, 0.4) is 0 Å². The van der Waals surface area contributed by atoms with Crippen LogP contribution in [0.25, 0.3) is 22.2 Å². The second-order valence-corrected chi connectivity index (χ2v) is 8.43. The van der Waals surface area contributed by atoms with Crippen molar-refractivity contribution in [1.82, 2.24) is 10.4 Å². The van der Waals surface area contributed by atoms with E-state index in [-0.39, 0.29) is 5.91 Å². The molecule has 3 aromatic carbocycles. The second kappa shape index (κ2) is 10.9. The standard InChI is InChI=1S/C27H22IN3O3/c1-3-13-34-26-22(28)14-18(15-25(26)33-2)17-29-31-27(32)21-16-24(19-9-5-4-6-10-19)30-23-12-8-7-11-20(21)23/h3-12,14-17H,1,13H2,2H3,(H,31,32)/b29-17-. The lowest BCUT2D eigenvalue weighted by Gasteiger charge is -2.12. The van der Waals surface area contributed by atoms with Crippen molar-refractivity contribution in [2.75, 3.05) is 13.7 Å². The van der Waals surface area contributed by atoms with Gasteiger partial charge in [-0.2, -0.15) is 5.10 Å². The summed E-state index contributed by atoms with van der Waals surface area (Å²) in [6, 6.07) is 22.8. The molecule has 0 aliphatic carbocycles. The minimum absolute atomic E-state index is 0.320. The maximum absolute atomic E-state index is 13.1. The van der Waals surface area contributed by atoms with Crippen molar-refractivity contribution in [1.29, 1.82) is 0 Å². The monoisotopic (exact) mass is 563 g/mol. The number of pyridine rings is 1. The van der Waals surface area contributed by atoms with Gasteiger partial charge < -0.3 is 9.47 Å². The Kier molecular flexibility index (Phi) is 7.54. The number of amides is 1. The molecule has 7 heteroatoms. The van der Waals surface area contributed by atoms with Gasteiger partial charge in [0, 0.05) is 10.9 Å². The fraction of sp³-hybridized carbons (Fsp3) is 0.0741. The molecular formula is C27H22IN3O3. The molecule has 0 saturated carbocycles. The van der Waals surface area contributed by atoms with Crippen LogP contribution in [0, 0.1) is 3.57 Å². The Morgan fingerprint density at radius 3 is 2.65 bits per heavy atom. The molecule has 0 unspecified atom stereocenters. The zero-order valence-electron chi connectivity index (χ0n) is 18.5. The highest BCUT2D eigenvalue weighted by atomic mass is 127. The van der Waals surface area contributed by atoms with Gasteiger partial charge in [0.25, 0.3) is 5.91 Å². The molecular weight excluding hydrogens is 541 g/mol. The van der Waals surface area contributed by atoms with Crippen LogP contribution in [0.5, 0.6) is 11.5 Å². The first kappa shape index (κ1) is 23.4.